The predicted octanol–water partition coefficient (Wildman–Crippen LogP) is 0.800. The molecule has 0 bridgehead atoms. The Hall–Kier alpha value is -2.75. The molecule has 0 aromatic heterocycles. The number of carbonyl (C=O) groups excluding carboxylic acids is 2. The number of esters is 1. The highest BCUT2D eigenvalue weighted by Crippen LogP contribution is 2.46. The second-order valence-corrected chi connectivity index (χ2v) is 7.38. The number of methoxy groups -OCH3 is 2. The average molecular weight is 385 g/mol. The molecular formula is C16H19NO8S. The van der Waals surface area contributed by atoms with Crippen LogP contribution < -0.4 is 14.2 Å². The number of sulfonamides is 1. The van der Waals surface area contributed by atoms with Gasteiger partial charge in [-0.15, -0.1) is 0 Å². The number of hydrogen-bond donors (Lipinski definition) is 1. The minimum absolute atomic E-state index is 0.227. The third kappa shape index (κ3) is 3.59. The molecule has 1 N–H and O–H groups in total. The Morgan fingerprint density at radius 3 is 2.15 bits per heavy atom. The van der Waals surface area contributed by atoms with Crippen molar-refractivity contribution in [3.05, 3.63) is 35.4 Å². The van der Waals surface area contributed by atoms with Crippen molar-refractivity contribution in [1.82, 2.24) is 4.72 Å². The minimum Gasteiger partial charge on any atom is -0.496 e. The van der Waals surface area contributed by atoms with Gasteiger partial charge in [-0.05, 0) is 19.1 Å². The summed E-state index contributed by atoms with van der Waals surface area (Å²) in [7, 11) is -1.00. The topological polar surface area (TPSA) is 117 Å². The molecule has 1 aliphatic rings. The van der Waals surface area contributed by atoms with Gasteiger partial charge in [0.05, 0.1) is 26.0 Å². The average Bonchev–Trinajstić information content (AvgIpc) is 2.77. The monoisotopic (exact) mass is 385 g/mol. The molecule has 1 heterocycles. The molecule has 142 valence electrons. The molecule has 1 aromatic rings. The number of benzene rings is 1. The molecule has 10 heteroatoms. The van der Waals surface area contributed by atoms with E-state index in [1.54, 1.807) is 18.2 Å². The maximum absolute atomic E-state index is 13.0. The summed E-state index contributed by atoms with van der Waals surface area (Å²) in [5.41, 5.74) is -1.51. The fraction of sp³-hybridized carbons (Fsp3) is 0.375. The Morgan fingerprint density at radius 2 is 1.73 bits per heavy atom. The van der Waals surface area contributed by atoms with Crippen molar-refractivity contribution < 1.29 is 37.0 Å². The van der Waals surface area contributed by atoms with Crippen LogP contribution in [0.25, 0.3) is 0 Å². The van der Waals surface area contributed by atoms with E-state index in [-0.39, 0.29) is 17.1 Å². The normalized spacial score (nSPS) is 19.8. The zero-order valence-corrected chi connectivity index (χ0v) is 15.7. The van der Waals surface area contributed by atoms with E-state index >= 15 is 0 Å². The van der Waals surface area contributed by atoms with E-state index in [0.717, 1.165) is 13.2 Å². The third-order valence-electron chi connectivity index (χ3n) is 3.58. The molecule has 0 aliphatic carbocycles. The largest absolute Gasteiger partial charge is 0.496 e. The van der Waals surface area contributed by atoms with Crippen LogP contribution in [0.2, 0.25) is 0 Å². The first-order chi connectivity index (χ1) is 12.0. The Balaban J connectivity index is 2.63. The van der Waals surface area contributed by atoms with Crippen molar-refractivity contribution in [1.29, 1.82) is 0 Å². The highest BCUT2D eigenvalue weighted by molar-refractivity contribution is 7.88. The molecule has 1 atom stereocenters. The lowest BCUT2D eigenvalue weighted by Crippen LogP contribution is -2.33. The van der Waals surface area contributed by atoms with Gasteiger partial charge in [0.2, 0.25) is 27.3 Å². The molecule has 1 aromatic carbocycles. The summed E-state index contributed by atoms with van der Waals surface area (Å²) < 4.78 is 46.3. The van der Waals surface area contributed by atoms with Crippen molar-refractivity contribution >= 4 is 21.8 Å². The third-order valence-corrected chi connectivity index (χ3v) is 4.14. The van der Waals surface area contributed by atoms with Crippen LogP contribution in [-0.4, -0.2) is 40.6 Å². The molecule has 26 heavy (non-hydrogen) atoms. The standard InChI is InChI=1S/C16H19NO8S/c1-9(18)24-13-14(19)16(2,25-15(13)17-26(5,20)21)12-10(22-3)7-6-8-11(12)23-4/h6-8,17H,1-5H3. The Kier molecular flexibility index (Phi) is 5.17. The highest BCUT2D eigenvalue weighted by atomic mass is 32.2. The number of rotatable bonds is 6. The van der Waals surface area contributed by atoms with Gasteiger partial charge in [0, 0.05) is 6.92 Å². The van der Waals surface area contributed by atoms with Crippen LogP contribution in [0.5, 0.6) is 11.5 Å². The van der Waals surface area contributed by atoms with Gasteiger partial charge in [0.1, 0.15) is 11.5 Å². The molecule has 1 aliphatic heterocycles. The molecule has 0 saturated heterocycles. The van der Waals surface area contributed by atoms with Crippen LogP contribution in [0.1, 0.15) is 19.4 Å². The Bertz CT molecular complexity index is 867. The number of hydrogen-bond acceptors (Lipinski definition) is 8. The lowest BCUT2D eigenvalue weighted by molar-refractivity contribution is -0.142. The lowest BCUT2D eigenvalue weighted by atomic mass is 9.90. The van der Waals surface area contributed by atoms with Gasteiger partial charge in [0.25, 0.3) is 5.78 Å². The van der Waals surface area contributed by atoms with E-state index in [9.17, 15) is 18.0 Å². The van der Waals surface area contributed by atoms with E-state index in [1.165, 1.54) is 21.1 Å². The zero-order valence-electron chi connectivity index (χ0n) is 14.9. The van der Waals surface area contributed by atoms with E-state index in [1.807, 2.05) is 0 Å². The van der Waals surface area contributed by atoms with Crippen molar-refractivity contribution in [2.75, 3.05) is 20.5 Å². The maximum Gasteiger partial charge on any atom is 0.308 e. The van der Waals surface area contributed by atoms with Crippen LogP contribution in [0.3, 0.4) is 0 Å². The number of Topliss-reactive ketones (excluding diaryl/α,β-unsaturated/α-hetero) is 1. The molecule has 1 unspecified atom stereocenters. The number of nitrogens with one attached hydrogen (secondary N) is 1. The molecule has 0 amide bonds. The fourth-order valence-corrected chi connectivity index (χ4v) is 3.05. The van der Waals surface area contributed by atoms with Crippen LogP contribution >= 0.6 is 0 Å². The van der Waals surface area contributed by atoms with Crippen LogP contribution in [0.15, 0.2) is 29.8 Å². The van der Waals surface area contributed by atoms with Gasteiger partial charge in [-0.3, -0.25) is 14.3 Å². The summed E-state index contributed by atoms with van der Waals surface area (Å²) >= 11 is 0. The minimum atomic E-state index is -3.80. The van der Waals surface area contributed by atoms with Gasteiger partial charge in [0.15, 0.2) is 0 Å². The number of ether oxygens (including phenoxy) is 4. The first-order valence-corrected chi connectivity index (χ1v) is 9.28. The molecular weight excluding hydrogens is 366 g/mol. The Morgan fingerprint density at radius 1 is 1.19 bits per heavy atom. The smallest absolute Gasteiger partial charge is 0.308 e. The molecule has 0 radical (unpaired) electrons. The second kappa shape index (κ2) is 6.87. The van der Waals surface area contributed by atoms with Crippen molar-refractivity contribution in [2.45, 2.75) is 19.4 Å². The van der Waals surface area contributed by atoms with Crippen molar-refractivity contribution in [2.24, 2.45) is 0 Å². The lowest BCUT2D eigenvalue weighted by Gasteiger charge is -2.27. The van der Waals surface area contributed by atoms with E-state index in [2.05, 4.69) is 4.72 Å². The maximum atomic E-state index is 13.0. The summed E-state index contributed by atoms with van der Waals surface area (Å²) in [6, 6.07) is 4.83. The van der Waals surface area contributed by atoms with Gasteiger partial charge >= 0.3 is 5.97 Å². The van der Waals surface area contributed by atoms with E-state index in [0.29, 0.717) is 0 Å². The Labute approximate surface area is 150 Å². The summed E-state index contributed by atoms with van der Waals surface area (Å²) in [5, 5.41) is 0. The summed E-state index contributed by atoms with van der Waals surface area (Å²) in [5.74, 6) is -2.03. The number of carbonyl (C=O) groups is 2. The van der Waals surface area contributed by atoms with Crippen LogP contribution in [0, 0.1) is 0 Å². The first kappa shape index (κ1) is 19.6. The van der Waals surface area contributed by atoms with Gasteiger partial charge in [-0.1, -0.05) is 6.07 Å². The van der Waals surface area contributed by atoms with Gasteiger partial charge in [-0.25, -0.2) is 8.42 Å². The first-order valence-electron chi connectivity index (χ1n) is 7.39. The fourth-order valence-electron chi connectivity index (χ4n) is 2.57. The second-order valence-electron chi connectivity index (χ2n) is 5.63. The highest BCUT2D eigenvalue weighted by Gasteiger charge is 2.53. The van der Waals surface area contributed by atoms with Gasteiger partial charge < -0.3 is 18.9 Å². The molecule has 0 saturated carbocycles. The van der Waals surface area contributed by atoms with E-state index in [4.69, 9.17) is 18.9 Å². The molecule has 2 rings (SSSR count). The number of ketones is 1. The van der Waals surface area contributed by atoms with Gasteiger partial charge in [-0.2, -0.15) is 0 Å². The molecule has 0 spiro atoms. The quantitative estimate of drug-likeness (QED) is 0.715. The van der Waals surface area contributed by atoms with Crippen LogP contribution in [-0.2, 0) is 34.7 Å². The zero-order chi connectivity index (χ0) is 19.7. The predicted molar refractivity (Wildman–Crippen MR) is 89.8 cm³/mol. The van der Waals surface area contributed by atoms with Crippen molar-refractivity contribution in [3.8, 4) is 11.5 Å². The summed E-state index contributed by atoms with van der Waals surface area (Å²) in [6.45, 7) is 2.48. The molecule has 9 nitrogen and oxygen atoms in total. The summed E-state index contributed by atoms with van der Waals surface area (Å²) in [4.78, 5) is 24.3. The molecule has 0 fully saturated rings. The van der Waals surface area contributed by atoms with Crippen molar-refractivity contribution in [3.63, 3.8) is 0 Å². The SMILES string of the molecule is COc1cccc(OC)c1C1(C)OC(NS(C)(=O)=O)=C(OC(C)=O)C1=O. The van der Waals surface area contributed by atoms with Crippen LogP contribution in [0.4, 0.5) is 0 Å². The summed E-state index contributed by atoms with van der Waals surface area (Å²) in [6.07, 6.45) is 0.874. The van der Waals surface area contributed by atoms with E-state index < -0.39 is 39.0 Å².